The Hall–Kier alpha value is -2.84. The Bertz CT molecular complexity index is 749. The van der Waals surface area contributed by atoms with Gasteiger partial charge in [-0.2, -0.15) is 5.26 Å². The van der Waals surface area contributed by atoms with Gasteiger partial charge in [-0.25, -0.2) is 4.79 Å². The maximum absolute atomic E-state index is 12.0. The van der Waals surface area contributed by atoms with Gasteiger partial charge in [0.15, 0.2) is 6.10 Å². The summed E-state index contributed by atoms with van der Waals surface area (Å²) in [7, 11) is 0. The predicted octanol–water partition coefficient (Wildman–Crippen LogP) is 3.40. The summed E-state index contributed by atoms with van der Waals surface area (Å²) >= 11 is 5.75. The minimum absolute atomic E-state index is 0.312. The van der Waals surface area contributed by atoms with Gasteiger partial charge in [0, 0.05) is 10.7 Å². The van der Waals surface area contributed by atoms with Crippen molar-refractivity contribution in [1.82, 2.24) is 0 Å². The number of ether oxygens (including phenoxy) is 1. The molecule has 0 radical (unpaired) electrons. The van der Waals surface area contributed by atoms with Crippen molar-refractivity contribution in [2.24, 2.45) is 0 Å². The molecule has 0 aliphatic rings. The largest absolute Gasteiger partial charge is 0.449 e. The number of benzene rings is 2. The van der Waals surface area contributed by atoms with Gasteiger partial charge in [0.1, 0.15) is 0 Å². The zero-order valence-electron chi connectivity index (χ0n) is 12.2. The second-order valence-corrected chi connectivity index (χ2v) is 5.17. The average Bonchev–Trinajstić information content (AvgIpc) is 2.56. The first-order valence-electron chi connectivity index (χ1n) is 6.77. The van der Waals surface area contributed by atoms with Crippen LogP contribution in [0.2, 0.25) is 5.02 Å². The third kappa shape index (κ3) is 4.56. The van der Waals surface area contributed by atoms with Gasteiger partial charge in [0.25, 0.3) is 5.91 Å². The lowest BCUT2D eigenvalue weighted by atomic mass is 10.2. The van der Waals surface area contributed by atoms with E-state index in [4.69, 9.17) is 21.6 Å². The van der Waals surface area contributed by atoms with Crippen molar-refractivity contribution in [2.45, 2.75) is 13.0 Å². The Kier molecular flexibility index (Phi) is 5.34. The maximum atomic E-state index is 12.0. The smallest absolute Gasteiger partial charge is 0.338 e. The molecule has 0 saturated heterocycles. The van der Waals surface area contributed by atoms with Crippen LogP contribution in [0.15, 0.2) is 48.5 Å². The number of hydrogen-bond acceptors (Lipinski definition) is 4. The van der Waals surface area contributed by atoms with Crippen LogP contribution in [0.3, 0.4) is 0 Å². The molecule has 0 saturated carbocycles. The number of nitriles is 1. The molecule has 0 heterocycles. The molecule has 2 aromatic carbocycles. The van der Waals surface area contributed by atoms with Crippen molar-refractivity contribution < 1.29 is 14.3 Å². The number of nitrogens with one attached hydrogen (secondary N) is 1. The zero-order valence-corrected chi connectivity index (χ0v) is 13.0. The van der Waals surface area contributed by atoms with Crippen molar-refractivity contribution in [3.63, 3.8) is 0 Å². The average molecular weight is 329 g/mol. The number of amides is 1. The number of carbonyl (C=O) groups is 2. The quantitative estimate of drug-likeness (QED) is 0.872. The maximum Gasteiger partial charge on any atom is 0.338 e. The van der Waals surface area contributed by atoms with Gasteiger partial charge in [-0.3, -0.25) is 4.79 Å². The second kappa shape index (κ2) is 7.43. The topological polar surface area (TPSA) is 79.2 Å². The Morgan fingerprint density at radius 3 is 2.30 bits per heavy atom. The van der Waals surface area contributed by atoms with Crippen LogP contribution in [0.1, 0.15) is 22.8 Å². The highest BCUT2D eigenvalue weighted by molar-refractivity contribution is 6.30. The molecule has 6 heteroatoms. The third-order valence-electron chi connectivity index (χ3n) is 3.01. The van der Waals surface area contributed by atoms with Gasteiger partial charge in [0.05, 0.1) is 17.2 Å². The van der Waals surface area contributed by atoms with Crippen LogP contribution in [0.25, 0.3) is 0 Å². The molecule has 1 atom stereocenters. The molecule has 5 nitrogen and oxygen atoms in total. The first-order chi connectivity index (χ1) is 11.0. The van der Waals surface area contributed by atoms with Crippen molar-refractivity contribution in [3.05, 3.63) is 64.7 Å². The lowest BCUT2D eigenvalue weighted by molar-refractivity contribution is -0.123. The predicted molar refractivity (Wildman–Crippen MR) is 86.1 cm³/mol. The van der Waals surface area contributed by atoms with Crippen LogP contribution in [-0.2, 0) is 9.53 Å². The van der Waals surface area contributed by atoms with E-state index in [9.17, 15) is 9.59 Å². The van der Waals surface area contributed by atoms with E-state index in [2.05, 4.69) is 5.32 Å². The van der Waals surface area contributed by atoms with E-state index in [1.54, 1.807) is 36.4 Å². The van der Waals surface area contributed by atoms with Gasteiger partial charge in [-0.1, -0.05) is 11.6 Å². The molecule has 0 unspecified atom stereocenters. The number of halogens is 1. The van der Waals surface area contributed by atoms with Crippen molar-refractivity contribution in [2.75, 3.05) is 5.32 Å². The molecule has 0 fully saturated rings. The second-order valence-electron chi connectivity index (χ2n) is 4.73. The van der Waals surface area contributed by atoms with E-state index < -0.39 is 18.0 Å². The Balaban J connectivity index is 1.95. The first-order valence-corrected chi connectivity index (χ1v) is 7.15. The van der Waals surface area contributed by atoms with E-state index in [-0.39, 0.29) is 0 Å². The Labute approximate surface area is 138 Å². The van der Waals surface area contributed by atoms with Crippen LogP contribution in [-0.4, -0.2) is 18.0 Å². The third-order valence-corrected chi connectivity index (χ3v) is 3.27. The summed E-state index contributed by atoms with van der Waals surface area (Å²) in [6.07, 6.45) is -0.964. The fourth-order valence-corrected chi connectivity index (χ4v) is 1.87. The molecular formula is C17H13ClN2O3. The van der Waals surface area contributed by atoms with Gasteiger partial charge < -0.3 is 10.1 Å². The minimum atomic E-state index is -0.964. The number of nitrogens with zero attached hydrogens (tertiary/aromatic N) is 1. The molecule has 2 aromatic rings. The summed E-state index contributed by atoms with van der Waals surface area (Å²) in [5.41, 5.74) is 1.32. The van der Waals surface area contributed by atoms with Gasteiger partial charge >= 0.3 is 5.97 Å². The van der Waals surface area contributed by atoms with Crippen LogP contribution in [0.5, 0.6) is 0 Å². The molecular weight excluding hydrogens is 316 g/mol. The van der Waals surface area contributed by atoms with E-state index >= 15 is 0 Å². The van der Waals surface area contributed by atoms with Crippen LogP contribution >= 0.6 is 11.6 Å². The van der Waals surface area contributed by atoms with Crippen LogP contribution in [0.4, 0.5) is 5.69 Å². The fraction of sp³-hybridized carbons (Fsp3) is 0.118. The van der Waals surface area contributed by atoms with E-state index in [0.29, 0.717) is 21.8 Å². The number of esters is 1. The number of carbonyl (C=O) groups excluding carboxylic acids is 2. The summed E-state index contributed by atoms with van der Waals surface area (Å²) in [5.74, 6) is -1.07. The highest BCUT2D eigenvalue weighted by atomic mass is 35.5. The van der Waals surface area contributed by atoms with Crippen LogP contribution < -0.4 is 5.32 Å². The molecule has 0 aliphatic carbocycles. The lowest BCUT2D eigenvalue weighted by Crippen LogP contribution is -2.30. The monoisotopic (exact) mass is 328 g/mol. The van der Waals surface area contributed by atoms with Crippen molar-refractivity contribution in [3.8, 4) is 6.07 Å². The standard InChI is InChI=1S/C17H13ClN2O3/c1-11(23-17(22)13-4-6-14(18)7-5-13)16(21)20-15-8-2-12(10-19)3-9-15/h2-9,11H,1H3,(H,20,21)/t11-/m1/s1. The molecule has 23 heavy (non-hydrogen) atoms. The zero-order chi connectivity index (χ0) is 16.8. The molecule has 0 spiro atoms. The highest BCUT2D eigenvalue weighted by Crippen LogP contribution is 2.13. The lowest BCUT2D eigenvalue weighted by Gasteiger charge is -2.13. The van der Waals surface area contributed by atoms with Gasteiger partial charge in [0.2, 0.25) is 0 Å². The first kappa shape index (κ1) is 16.5. The van der Waals surface area contributed by atoms with Crippen LogP contribution in [0, 0.1) is 11.3 Å². The molecule has 2 rings (SSSR count). The minimum Gasteiger partial charge on any atom is -0.449 e. The molecule has 116 valence electrons. The highest BCUT2D eigenvalue weighted by Gasteiger charge is 2.19. The molecule has 0 aliphatic heterocycles. The summed E-state index contributed by atoms with van der Waals surface area (Å²) < 4.78 is 5.11. The summed E-state index contributed by atoms with van der Waals surface area (Å²) in [5, 5.41) is 11.8. The fourth-order valence-electron chi connectivity index (χ4n) is 1.74. The summed E-state index contributed by atoms with van der Waals surface area (Å²) in [6, 6.07) is 14.5. The van der Waals surface area contributed by atoms with E-state index in [1.807, 2.05) is 6.07 Å². The summed E-state index contributed by atoms with van der Waals surface area (Å²) in [4.78, 5) is 23.9. The normalized spacial score (nSPS) is 11.2. The van der Waals surface area contributed by atoms with E-state index in [1.165, 1.54) is 19.1 Å². The molecule has 0 bridgehead atoms. The van der Waals surface area contributed by atoms with Gasteiger partial charge in [-0.15, -0.1) is 0 Å². The number of hydrogen-bond donors (Lipinski definition) is 1. The summed E-state index contributed by atoms with van der Waals surface area (Å²) in [6.45, 7) is 1.48. The van der Waals surface area contributed by atoms with Crippen molar-refractivity contribution >= 4 is 29.2 Å². The Morgan fingerprint density at radius 2 is 1.74 bits per heavy atom. The SMILES string of the molecule is C[C@@H](OC(=O)c1ccc(Cl)cc1)C(=O)Nc1ccc(C#N)cc1. The molecule has 1 amide bonds. The molecule has 1 N–H and O–H groups in total. The van der Waals surface area contributed by atoms with Crippen molar-refractivity contribution in [1.29, 1.82) is 5.26 Å². The number of anilines is 1. The Morgan fingerprint density at radius 1 is 1.13 bits per heavy atom. The van der Waals surface area contributed by atoms with Gasteiger partial charge in [-0.05, 0) is 55.5 Å². The number of rotatable bonds is 4. The molecule has 0 aromatic heterocycles. The van der Waals surface area contributed by atoms with E-state index in [0.717, 1.165) is 0 Å².